The molecule has 190 valence electrons. The van der Waals surface area contributed by atoms with Gasteiger partial charge in [0.15, 0.2) is 11.5 Å². The fourth-order valence-electron chi connectivity index (χ4n) is 2.84. The SMILES string of the molecule is COc1c(I)c(S(=O)(=O)O)cc(-c2cc(S(=O)(=O)O)c(I)c(OC)c2S(=O)(=O)O)c1S(=O)(=O)O. The third-order valence-electron chi connectivity index (χ3n) is 4.05. The van der Waals surface area contributed by atoms with Crippen LogP contribution in [0.2, 0.25) is 0 Å². The molecular weight excluding hydrogens is 774 g/mol. The van der Waals surface area contributed by atoms with Crippen molar-refractivity contribution in [1.29, 1.82) is 0 Å². The van der Waals surface area contributed by atoms with Crippen LogP contribution in [0.4, 0.5) is 0 Å². The molecule has 0 saturated heterocycles. The van der Waals surface area contributed by atoms with E-state index in [1.165, 1.54) is 45.2 Å². The Bertz CT molecular complexity index is 1500. The second-order valence-electron chi connectivity index (χ2n) is 6.10. The van der Waals surface area contributed by atoms with Gasteiger partial charge in [0.2, 0.25) is 0 Å². The molecule has 0 aliphatic rings. The van der Waals surface area contributed by atoms with Crippen LogP contribution in [0.3, 0.4) is 0 Å². The zero-order chi connectivity index (χ0) is 26.6. The van der Waals surface area contributed by atoms with E-state index in [-0.39, 0.29) is 0 Å². The lowest BCUT2D eigenvalue weighted by atomic mass is 10.0. The molecule has 0 spiro atoms. The van der Waals surface area contributed by atoms with Crippen molar-refractivity contribution in [2.24, 2.45) is 0 Å². The Morgan fingerprint density at radius 3 is 1.03 bits per heavy atom. The molecule has 0 fully saturated rings. The molecule has 0 saturated carbocycles. The Morgan fingerprint density at radius 2 is 0.853 bits per heavy atom. The molecule has 4 N–H and O–H groups in total. The number of methoxy groups -OCH3 is 2. The summed E-state index contributed by atoms with van der Waals surface area (Å²) in [5, 5.41) is 0. The van der Waals surface area contributed by atoms with Crippen LogP contribution in [-0.4, -0.2) is 66.1 Å². The maximum Gasteiger partial charge on any atom is 0.298 e. The third-order valence-corrected chi connectivity index (χ3v) is 10.5. The van der Waals surface area contributed by atoms with E-state index in [1.54, 1.807) is 0 Å². The Labute approximate surface area is 220 Å². The average molecular weight is 786 g/mol. The molecule has 0 aliphatic carbocycles. The monoisotopic (exact) mass is 786 g/mol. The van der Waals surface area contributed by atoms with E-state index in [9.17, 15) is 51.9 Å². The number of ether oxygens (including phenoxy) is 2. The summed E-state index contributed by atoms with van der Waals surface area (Å²) in [7, 11) is -19.4. The van der Waals surface area contributed by atoms with Gasteiger partial charge in [-0.25, -0.2) is 0 Å². The summed E-state index contributed by atoms with van der Waals surface area (Å²) in [6.07, 6.45) is 0. The first-order chi connectivity index (χ1) is 15.2. The number of hydrogen-bond acceptors (Lipinski definition) is 10. The van der Waals surface area contributed by atoms with Crippen LogP contribution in [0, 0.1) is 7.14 Å². The molecule has 20 heteroatoms. The summed E-state index contributed by atoms with van der Waals surface area (Å²) < 4.78 is 144. The van der Waals surface area contributed by atoms with E-state index in [0.717, 1.165) is 14.2 Å². The van der Waals surface area contributed by atoms with E-state index in [1.807, 2.05) is 0 Å². The highest BCUT2D eigenvalue weighted by molar-refractivity contribution is 14.1. The number of rotatable bonds is 7. The molecule has 14 nitrogen and oxygen atoms in total. The van der Waals surface area contributed by atoms with Crippen LogP contribution in [0.1, 0.15) is 0 Å². The van der Waals surface area contributed by atoms with Crippen LogP contribution in [0.15, 0.2) is 31.7 Å². The van der Waals surface area contributed by atoms with Crippen LogP contribution < -0.4 is 9.47 Å². The highest BCUT2D eigenvalue weighted by atomic mass is 127. The van der Waals surface area contributed by atoms with Gasteiger partial charge >= 0.3 is 0 Å². The predicted octanol–water partition coefficient (Wildman–Crippen LogP) is 1.57. The molecule has 0 atom stereocenters. The van der Waals surface area contributed by atoms with Gasteiger partial charge in [-0.3, -0.25) is 18.2 Å². The van der Waals surface area contributed by atoms with Gasteiger partial charge in [-0.1, -0.05) is 0 Å². The third kappa shape index (κ3) is 5.59. The van der Waals surface area contributed by atoms with Crippen molar-refractivity contribution in [2.45, 2.75) is 19.6 Å². The Hall–Kier alpha value is -0.860. The quantitative estimate of drug-likeness (QED) is 0.231. The van der Waals surface area contributed by atoms with E-state index in [2.05, 4.69) is 0 Å². The molecule has 2 aromatic carbocycles. The number of benzene rings is 2. The minimum Gasteiger partial charge on any atom is -0.494 e. The Kier molecular flexibility index (Phi) is 8.25. The van der Waals surface area contributed by atoms with Crippen LogP contribution in [0.5, 0.6) is 11.5 Å². The van der Waals surface area contributed by atoms with Gasteiger partial charge in [-0.05, 0) is 57.3 Å². The summed E-state index contributed by atoms with van der Waals surface area (Å²) >= 11 is 2.53. The normalized spacial score (nSPS) is 13.1. The van der Waals surface area contributed by atoms with Gasteiger partial charge in [0.05, 0.1) is 21.4 Å². The highest BCUT2D eigenvalue weighted by Crippen LogP contribution is 2.47. The Balaban J connectivity index is 3.48. The lowest BCUT2D eigenvalue weighted by molar-refractivity contribution is 0.390. The minimum absolute atomic E-state index is 0.396. The van der Waals surface area contributed by atoms with Crippen molar-refractivity contribution >= 4 is 85.7 Å². The summed E-state index contributed by atoms with van der Waals surface area (Å²) in [5.41, 5.74) is -2.08. The summed E-state index contributed by atoms with van der Waals surface area (Å²) in [6, 6.07) is 0.791. The van der Waals surface area contributed by atoms with Crippen LogP contribution >= 0.6 is 45.2 Å². The van der Waals surface area contributed by atoms with Crippen molar-refractivity contribution in [1.82, 2.24) is 0 Å². The second kappa shape index (κ2) is 9.55. The number of hydrogen-bond donors (Lipinski definition) is 4. The molecular formula is C14H12I2O14S4. The number of halogens is 2. The fraction of sp³-hybridized carbons (Fsp3) is 0.143. The largest absolute Gasteiger partial charge is 0.494 e. The van der Waals surface area contributed by atoms with E-state index in [0.29, 0.717) is 12.1 Å². The lowest BCUT2D eigenvalue weighted by Gasteiger charge is -2.20. The van der Waals surface area contributed by atoms with E-state index in [4.69, 9.17) is 9.47 Å². The van der Waals surface area contributed by atoms with Crippen molar-refractivity contribution in [2.75, 3.05) is 14.2 Å². The summed E-state index contributed by atoms with van der Waals surface area (Å²) in [6.45, 7) is 0. The molecule has 0 aliphatic heterocycles. The summed E-state index contributed by atoms with van der Waals surface area (Å²) in [4.78, 5) is -4.55. The van der Waals surface area contributed by atoms with E-state index < -0.39 is 89.8 Å². The smallest absolute Gasteiger partial charge is 0.298 e. The van der Waals surface area contributed by atoms with Gasteiger partial charge in [0.25, 0.3) is 40.5 Å². The molecule has 0 radical (unpaired) electrons. The van der Waals surface area contributed by atoms with Crippen molar-refractivity contribution in [3.05, 3.63) is 19.3 Å². The van der Waals surface area contributed by atoms with Gasteiger partial charge < -0.3 is 9.47 Å². The maximum absolute atomic E-state index is 12.2. The molecule has 0 aromatic heterocycles. The fourth-order valence-corrected chi connectivity index (χ4v) is 9.07. The zero-order valence-electron chi connectivity index (χ0n) is 16.4. The Morgan fingerprint density at radius 1 is 0.588 bits per heavy atom. The first-order valence-electron chi connectivity index (χ1n) is 7.89. The summed E-state index contributed by atoms with van der Waals surface area (Å²) in [5.74, 6) is -1.75. The van der Waals surface area contributed by atoms with Gasteiger partial charge in [-0.2, -0.15) is 33.7 Å². The van der Waals surface area contributed by atoms with Gasteiger partial charge in [0.1, 0.15) is 19.6 Å². The first-order valence-corrected chi connectivity index (χ1v) is 15.8. The molecule has 0 bridgehead atoms. The molecule has 0 unspecified atom stereocenters. The highest BCUT2D eigenvalue weighted by Gasteiger charge is 2.36. The van der Waals surface area contributed by atoms with E-state index >= 15 is 0 Å². The standard InChI is InChI=1S/C14H12I2O14S4/c1-29-11-9(15)7(31(17,18)19)3-5(13(11)33(23,24)25)6-4-8(32(20,21)22)10(16)12(30-2)14(6)34(26,27)28/h3-4H,1-2H3,(H,17,18,19)(H,20,21,22)(H,23,24,25)(H,26,27,28). The van der Waals surface area contributed by atoms with Crippen LogP contribution in [-0.2, 0) is 40.5 Å². The van der Waals surface area contributed by atoms with Crippen molar-refractivity contribution in [3.63, 3.8) is 0 Å². The van der Waals surface area contributed by atoms with Gasteiger partial charge in [0, 0.05) is 11.1 Å². The molecule has 34 heavy (non-hydrogen) atoms. The van der Waals surface area contributed by atoms with Gasteiger partial charge in [-0.15, -0.1) is 0 Å². The predicted molar refractivity (Wildman–Crippen MR) is 130 cm³/mol. The lowest BCUT2D eigenvalue weighted by Crippen LogP contribution is -2.14. The topological polar surface area (TPSA) is 236 Å². The molecule has 2 rings (SSSR count). The molecule has 0 heterocycles. The second-order valence-corrected chi connectivity index (χ2v) is 13.8. The van der Waals surface area contributed by atoms with Crippen LogP contribution in [0.25, 0.3) is 11.1 Å². The van der Waals surface area contributed by atoms with Crippen molar-refractivity contribution < 1.29 is 61.4 Å². The molecule has 2 aromatic rings. The first kappa shape index (κ1) is 29.4. The van der Waals surface area contributed by atoms with Crippen molar-refractivity contribution in [3.8, 4) is 22.6 Å². The molecule has 0 amide bonds. The average Bonchev–Trinajstić information content (AvgIpc) is 2.63. The maximum atomic E-state index is 12.2. The minimum atomic E-state index is -5.39. The zero-order valence-corrected chi connectivity index (χ0v) is 24.0.